The molecule has 2 atom stereocenters. The third-order valence-corrected chi connectivity index (χ3v) is 5.98. The van der Waals surface area contributed by atoms with Gasteiger partial charge in [-0.05, 0) is 61.5 Å². The van der Waals surface area contributed by atoms with Crippen molar-refractivity contribution in [3.05, 3.63) is 60.3 Å². The van der Waals surface area contributed by atoms with Gasteiger partial charge in [0.2, 0.25) is 5.91 Å². The first kappa shape index (κ1) is 25.0. The van der Waals surface area contributed by atoms with Crippen LogP contribution in [0.3, 0.4) is 0 Å². The molecule has 4 rings (SSSR count). The molecule has 0 radical (unpaired) electrons. The molecule has 11 heteroatoms. The smallest absolute Gasteiger partial charge is 0.445 e. The molecule has 1 aliphatic heterocycles. The zero-order valence-electron chi connectivity index (χ0n) is 19.2. The number of carbonyl (C=O) groups excluding carboxylic acids is 3. The van der Waals surface area contributed by atoms with E-state index in [1.54, 1.807) is 42.5 Å². The van der Waals surface area contributed by atoms with Crippen LogP contribution in [-0.4, -0.2) is 41.6 Å². The first-order valence-corrected chi connectivity index (χ1v) is 11.2. The van der Waals surface area contributed by atoms with Gasteiger partial charge in [0.15, 0.2) is 6.10 Å². The number of hydrogen-bond acceptors (Lipinski definition) is 6. The lowest BCUT2D eigenvalue weighted by Gasteiger charge is -2.35. The minimum Gasteiger partial charge on any atom is -0.445 e. The summed E-state index contributed by atoms with van der Waals surface area (Å²) < 4.78 is 43.7. The molecule has 1 aromatic heterocycles. The molecule has 8 nitrogen and oxygen atoms in total. The summed E-state index contributed by atoms with van der Waals surface area (Å²) in [7, 11) is 0. The highest BCUT2D eigenvalue weighted by Crippen LogP contribution is 2.31. The second-order valence-corrected chi connectivity index (χ2v) is 8.52. The molecule has 188 valence electrons. The summed E-state index contributed by atoms with van der Waals surface area (Å²) in [5, 5.41) is 3.72. The van der Waals surface area contributed by atoms with Gasteiger partial charge in [-0.3, -0.25) is 9.59 Å². The van der Waals surface area contributed by atoms with E-state index < -0.39 is 36.0 Å². The summed E-state index contributed by atoms with van der Waals surface area (Å²) in [5.41, 5.74) is 7.56. The normalized spacial score (nSPS) is 17.1. The van der Waals surface area contributed by atoms with Crippen molar-refractivity contribution in [2.24, 2.45) is 5.92 Å². The summed E-state index contributed by atoms with van der Waals surface area (Å²) in [4.78, 5) is 43.5. The fourth-order valence-electron chi connectivity index (χ4n) is 4.16. The van der Waals surface area contributed by atoms with Crippen LogP contribution >= 0.6 is 0 Å². The molecule has 2 heterocycles. The van der Waals surface area contributed by atoms with E-state index >= 15 is 0 Å². The molecule has 1 fully saturated rings. The number of hydrogen-bond donors (Lipinski definition) is 2. The van der Waals surface area contributed by atoms with Crippen molar-refractivity contribution in [3.63, 3.8) is 0 Å². The van der Waals surface area contributed by atoms with E-state index in [1.807, 2.05) is 6.92 Å². The van der Waals surface area contributed by atoms with Crippen LogP contribution < -0.4 is 16.0 Å². The SMILES string of the molecule is Cc1ccc(N2CCCC(C(OC(=O)C(F)(F)F)C(=O)Nc3ccc4c(N)nccc4c3)C2=O)cc1. The first-order chi connectivity index (χ1) is 17.0. The number of benzene rings is 2. The number of anilines is 3. The number of pyridine rings is 1. The number of aryl methyl sites for hydroxylation is 1. The molecule has 2 amide bonds. The summed E-state index contributed by atoms with van der Waals surface area (Å²) in [6.45, 7) is 2.19. The molecule has 1 saturated heterocycles. The van der Waals surface area contributed by atoms with Crippen molar-refractivity contribution in [2.45, 2.75) is 32.0 Å². The monoisotopic (exact) mass is 500 g/mol. The fraction of sp³-hybridized carbons (Fsp3) is 0.280. The third-order valence-electron chi connectivity index (χ3n) is 5.98. The van der Waals surface area contributed by atoms with Crippen molar-refractivity contribution < 1.29 is 32.3 Å². The maximum atomic E-state index is 13.3. The third kappa shape index (κ3) is 5.24. The van der Waals surface area contributed by atoms with E-state index in [1.165, 1.54) is 17.2 Å². The highest BCUT2D eigenvalue weighted by molar-refractivity contribution is 6.04. The number of nitrogens with zero attached hydrogens (tertiary/aromatic N) is 2. The molecule has 0 aliphatic carbocycles. The van der Waals surface area contributed by atoms with E-state index in [0.717, 1.165) is 5.56 Å². The molecule has 1 aliphatic rings. The van der Waals surface area contributed by atoms with Crippen LogP contribution in [0.25, 0.3) is 10.8 Å². The molecule has 2 aromatic carbocycles. The van der Waals surface area contributed by atoms with Crippen LogP contribution in [0.4, 0.5) is 30.4 Å². The Labute approximate surface area is 204 Å². The number of amides is 2. The second-order valence-electron chi connectivity index (χ2n) is 8.52. The number of aromatic nitrogens is 1. The van der Waals surface area contributed by atoms with Gasteiger partial charge in [0, 0.05) is 29.5 Å². The number of esters is 1. The Morgan fingerprint density at radius 2 is 1.89 bits per heavy atom. The van der Waals surface area contributed by atoms with Gasteiger partial charge in [-0.15, -0.1) is 0 Å². The van der Waals surface area contributed by atoms with Crippen molar-refractivity contribution in [1.82, 2.24) is 4.98 Å². The van der Waals surface area contributed by atoms with Gasteiger partial charge in [-0.2, -0.15) is 13.2 Å². The predicted octanol–water partition coefficient (Wildman–Crippen LogP) is 3.98. The van der Waals surface area contributed by atoms with E-state index in [-0.39, 0.29) is 17.9 Å². The number of halogens is 3. The molecular weight excluding hydrogens is 477 g/mol. The minimum absolute atomic E-state index is 0.0738. The molecule has 36 heavy (non-hydrogen) atoms. The Morgan fingerprint density at radius 1 is 1.17 bits per heavy atom. The van der Waals surface area contributed by atoms with Crippen LogP contribution in [0, 0.1) is 12.8 Å². The van der Waals surface area contributed by atoms with Gasteiger partial charge in [0.25, 0.3) is 5.91 Å². The van der Waals surface area contributed by atoms with Gasteiger partial charge in [0.05, 0.1) is 5.92 Å². The van der Waals surface area contributed by atoms with E-state index in [4.69, 9.17) is 5.73 Å². The lowest BCUT2D eigenvalue weighted by molar-refractivity contribution is -0.207. The number of nitrogens with two attached hydrogens (primary N) is 1. The Balaban J connectivity index is 1.62. The van der Waals surface area contributed by atoms with Crippen molar-refractivity contribution in [3.8, 4) is 0 Å². The summed E-state index contributed by atoms with van der Waals surface area (Å²) in [6, 6.07) is 13.3. The number of ether oxygens (including phenoxy) is 1. The minimum atomic E-state index is -5.33. The van der Waals surface area contributed by atoms with Crippen LogP contribution in [0.2, 0.25) is 0 Å². The van der Waals surface area contributed by atoms with Crippen molar-refractivity contribution in [2.75, 3.05) is 22.5 Å². The largest absolute Gasteiger partial charge is 0.490 e. The first-order valence-electron chi connectivity index (χ1n) is 11.2. The number of fused-ring (bicyclic) bond motifs is 1. The molecule has 0 spiro atoms. The van der Waals surface area contributed by atoms with E-state index in [2.05, 4.69) is 15.0 Å². The molecule has 0 bridgehead atoms. The van der Waals surface area contributed by atoms with E-state index in [9.17, 15) is 27.6 Å². The fourth-order valence-corrected chi connectivity index (χ4v) is 4.16. The number of carbonyl (C=O) groups is 3. The number of rotatable bonds is 5. The summed E-state index contributed by atoms with van der Waals surface area (Å²) >= 11 is 0. The van der Waals surface area contributed by atoms with Crippen LogP contribution in [0.1, 0.15) is 18.4 Å². The quantitative estimate of drug-likeness (QED) is 0.512. The molecule has 3 N–H and O–H groups in total. The molecule has 3 aromatic rings. The Bertz CT molecular complexity index is 1310. The average molecular weight is 500 g/mol. The lowest BCUT2D eigenvalue weighted by Crippen LogP contribution is -2.51. The van der Waals surface area contributed by atoms with Crippen LogP contribution in [0.15, 0.2) is 54.7 Å². The number of alkyl halides is 3. The molecule has 0 saturated carbocycles. The van der Waals surface area contributed by atoms with Gasteiger partial charge in [-0.1, -0.05) is 17.7 Å². The summed E-state index contributed by atoms with van der Waals surface area (Å²) in [5.74, 6) is -5.21. The Hall–Kier alpha value is -4.15. The lowest BCUT2D eigenvalue weighted by atomic mass is 9.90. The number of piperidine rings is 1. The van der Waals surface area contributed by atoms with Crippen molar-refractivity contribution >= 4 is 45.7 Å². The van der Waals surface area contributed by atoms with E-state index in [0.29, 0.717) is 29.4 Å². The van der Waals surface area contributed by atoms with Gasteiger partial charge < -0.3 is 20.7 Å². The summed E-state index contributed by atoms with van der Waals surface area (Å²) in [6.07, 6.45) is -5.37. The van der Waals surface area contributed by atoms with Gasteiger partial charge >= 0.3 is 12.1 Å². The van der Waals surface area contributed by atoms with Gasteiger partial charge in [0.1, 0.15) is 5.82 Å². The topological polar surface area (TPSA) is 115 Å². The predicted molar refractivity (Wildman–Crippen MR) is 127 cm³/mol. The van der Waals surface area contributed by atoms with Gasteiger partial charge in [-0.25, -0.2) is 9.78 Å². The molecular formula is C25H23F3N4O4. The maximum Gasteiger partial charge on any atom is 0.490 e. The second kappa shape index (κ2) is 9.84. The number of nitrogen functional groups attached to an aromatic ring is 1. The Morgan fingerprint density at radius 3 is 2.58 bits per heavy atom. The zero-order valence-corrected chi connectivity index (χ0v) is 19.2. The number of nitrogens with one attached hydrogen (secondary N) is 1. The maximum absolute atomic E-state index is 13.3. The molecule has 2 unspecified atom stereocenters. The highest BCUT2D eigenvalue weighted by atomic mass is 19.4. The van der Waals surface area contributed by atoms with Crippen LogP contribution in [0.5, 0.6) is 0 Å². The average Bonchev–Trinajstić information content (AvgIpc) is 2.83. The van der Waals surface area contributed by atoms with Crippen LogP contribution in [-0.2, 0) is 19.1 Å². The Kier molecular flexibility index (Phi) is 6.82. The van der Waals surface area contributed by atoms with Crippen molar-refractivity contribution in [1.29, 1.82) is 0 Å². The highest BCUT2D eigenvalue weighted by Gasteiger charge is 2.47. The zero-order chi connectivity index (χ0) is 26.0. The standard InChI is InChI=1S/C25H23F3N4O4/c1-14-4-7-17(8-5-14)32-12-2-3-19(23(32)34)20(36-24(35)25(26,27)28)22(33)31-16-6-9-18-15(13-16)10-11-30-21(18)29/h4-11,13,19-20H,2-3,12H2,1H3,(H2,29,30)(H,31,33).